The summed E-state index contributed by atoms with van der Waals surface area (Å²) in [4.78, 5) is 4.11. The predicted octanol–water partition coefficient (Wildman–Crippen LogP) is 1.64. The van der Waals surface area contributed by atoms with Crippen LogP contribution in [-0.4, -0.2) is 4.98 Å². The van der Waals surface area contributed by atoms with E-state index in [2.05, 4.69) is 4.98 Å². The number of nitrogens with zero attached hydrogens (tertiary/aromatic N) is 2. The lowest BCUT2D eigenvalue weighted by Crippen LogP contribution is -1.95. The number of anilines is 1. The number of fused-ring (bicyclic) bond motifs is 1. The molecule has 2 fully saturated rings. The maximum Gasteiger partial charge on any atom is 0.229 e. The zero-order valence-electron chi connectivity index (χ0n) is 7.73. The Kier molecular flexibility index (Phi) is 1.41. The van der Waals surface area contributed by atoms with Gasteiger partial charge in [-0.2, -0.15) is 5.26 Å². The molecule has 0 amide bonds. The molecule has 1 aromatic heterocycles. The van der Waals surface area contributed by atoms with Crippen LogP contribution >= 0.6 is 0 Å². The molecule has 0 spiro atoms. The van der Waals surface area contributed by atoms with Gasteiger partial charge in [-0.25, -0.2) is 4.98 Å². The lowest BCUT2D eigenvalue weighted by atomic mass is 10.0. The molecule has 1 aromatic rings. The van der Waals surface area contributed by atoms with Gasteiger partial charge in [-0.1, -0.05) is 0 Å². The van der Waals surface area contributed by atoms with Gasteiger partial charge < -0.3 is 10.2 Å². The van der Waals surface area contributed by atoms with Gasteiger partial charge in [0.2, 0.25) is 17.5 Å². The molecule has 1 heterocycles. The first-order valence-electron chi connectivity index (χ1n) is 4.94. The van der Waals surface area contributed by atoms with Crippen molar-refractivity contribution in [3.05, 3.63) is 11.6 Å². The van der Waals surface area contributed by atoms with Crippen molar-refractivity contribution in [1.29, 1.82) is 5.26 Å². The number of nitriles is 1. The van der Waals surface area contributed by atoms with Crippen LogP contribution < -0.4 is 5.73 Å². The molecule has 2 aliphatic rings. The fourth-order valence-corrected chi connectivity index (χ4v) is 2.52. The summed E-state index contributed by atoms with van der Waals surface area (Å²) in [5.41, 5.74) is 5.75. The van der Waals surface area contributed by atoms with Crippen molar-refractivity contribution in [2.75, 3.05) is 5.73 Å². The first-order chi connectivity index (χ1) is 6.78. The quantitative estimate of drug-likeness (QED) is 0.728. The lowest BCUT2D eigenvalue weighted by Gasteiger charge is -2.04. The van der Waals surface area contributed by atoms with Crippen LogP contribution in [0.15, 0.2) is 4.42 Å². The first-order valence-corrected chi connectivity index (χ1v) is 4.94. The first kappa shape index (κ1) is 7.86. The summed E-state index contributed by atoms with van der Waals surface area (Å²) >= 11 is 0. The van der Waals surface area contributed by atoms with Gasteiger partial charge in [0.1, 0.15) is 6.07 Å². The normalized spacial score (nSPS) is 33.8. The molecule has 2 N–H and O–H groups in total. The molecule has 2 unspecified atom stereocenters. The van der Waals surface area contributed by atoms with E-state index in [9.17, 15) is 0 Å². The average Bonchev–Trinajstić information content (AvgIpc) is 2.62. The van der Waals surface area contributed by atoms with Crippen molar-refractivity contribution in [1.82, 2.24) is 4.98 Å². The highest BCUT2D eigenvalue weighted by atomic mass is 16.4. The maximum atomic E-state index is 8.68. The van der Waals surface area contributed by atoms with E-state index in [1.54, 1.807) is 0 Å². The van der Waals surface area contributed by atoms with Gasteiger partial charge >= 0.3 is 0 Å². The molecule has 0 aliphatic heterocycles. The standard InChI is InChI=1S/C10H11N3O/c11-4-8-9(12)14-10(13-8)7-2-5-1-6(5)3-7/h5-7H,1-3,12H2. The van der Waals surface area contributed by atoms with E-state index in [-0.39, 0.29) is 11.6 Å². The molecular weight excluding hydrogens is 178 g/mol. The van der Waals surface area contributed by atoms with Gasteiger partial charge in [0.25, 0.3) is 0 Å². The molecule has 72 valence electrons. The molecule has 2 aliphatic carbocycles. The molecule has 4 heteroatoms. The third-order valence-electron chi connectivity index (χ3n) is 3.37. The number of oxazole rings is 1. The summed E-state index contributed by atoms with van der Waals surface area (Å²) in [7, 11) is 0. The molecule has 0 bridgehead atoms. The fourth-order valence-electron chi connectivity index (χ4n) is 2.52. The minimum absolute atomic E-state index is 0.170. The van der Waals surface area contributed by atoms with E-state index < -0.39 is 0 Å². The number of hydrogen-bond acceptors (Lipinski definition) is 4. The van der Waals surface area contributed by atoms with Gasteiger partial charge in [-0.15, -0.1) is 0 Å². The van der Waals surface area contributed by atoms with Crippen LogP contribution in [-0.2, 0) is 0 Å². The molecular formula is C10H11N3O. The lowest BCUT2D eigenvalue weighted by molar-refractivity contribution is 0.440. The zero-order valence-corrected chi connectivity index (χ0v) is 7.73. The van der Waals surface area contributed by atoms with Gasteiger partial charge in [-0.3, -0.25) is 0 Å². The molecule has 3 rings (SSSR count). The van der Waals surface area contributed by atoms with Crippen LogP contribution in [0, 0.1) is 23.2 Å². The summed E-state index contributed by atoms with van der Waals surface area (Å²) in [6, 6.07) is 1.93. The second-order valence-electron chi connectivity index (χ2n) is 4.30. The topological polar surface area (TPSA) is 75.8 Å². The Morgan fingerprint density at radius 1 is 1.36 bits per heavy atom. The predicted molar refractivity (Wildman–Crippen MR) is 49.2 cm³/mol. The Morgan fingerprint density at radius 3 is 2.64 bits per heavy atom. The Labute approximate surface area is 81.7 Å². The minimum atomic E-state index is 0.170. The molecule has 0 saturated heterocycles. The number of nitrogens with two attached hydrogens (primary N) is 1. The third-order valence-corrected chi connectivity index (χ3v) is 3.37. The number of nitrogen functional groups attached to an aromatic ring is 1. The van der Waals surface area contributed by atoms with Crippen molar-refractivity contribution < 1.29 is 4.42 Å². The molecule has 0 aromatic carbocycles. The second kappa shape index (κ2) is 2.50. The molecule has 0 radical (unpaired) electrons. The van der Waals surface area contributed by atoms with E-state index in [0.717, 1.165) is 24.7 Å². The Hall–Kier alpha value is -1.50. The van der Waals surface area contributed by atoms with Crippen molar-refractivity contribution in [2.45, 2.75) is 25.2 Å². The van der Waals surface area contributed by atoms with E-state index >= 15 is 0 Å². The van der Waals surface area contributed by atoms with Crippen molar-refractivity contribution >= 4 is 5.88 Å². The highest BCUT2D eigenvalue weighted by molar-refractivity contribution is 5.41. The monoisotopic (exact) mass is 189 g/mol. The van der Waals surface area contributed by atoms with Crippen LogP contribution in [0.2, 0.25) is 0 Å². The van der Waals surface area contributed by atoms with Gasteiger partial charge in [0, 0.05) is 5.92 Å². The van der Waals surface area contributed by atoms with E-state index in [4.69, 9.17) is 15.4 Å². The van der Waals surface area contributed by atoms with Gasteiger partial charge in [-0.05, 0) is 31.1 Å². The van der Waals surface area contributed by atoms with Crippen molar-refractivity contribution in [3.8, 4) is 6.07 Å². The summed E-state index contributed by atoms with van der Waals surface area (Å²) in [5, 5.41) is 8.68. The van der Waals surface area contributed by atoms with Gasteiger partial charge in [0.05, 0.1) is 0 Å². The molecule has 4 nitrogen and oxygen atoms in total. The largest absolute Gasteiger partial charge is 0.424 e. The Balaban J connectivity index is 1.86. The van der Waals surface area contributed by atoms with Crippen LogP contribution in [0.4, 0.5) is 5.88 Å². The van der Waals surface area contributed by atoms with E-state index in [0.29, 0.717) is 11.8 Å². The van der Waals surface area contributed by atoms with E-state index in [1.807, 2.05) is 6.07 Å². The smallest absolute Gasteiger partial charge is 0.229 e. The van der Waals surface area contributed by atoms with Crippen LogP contribution in [0.5, 0.6) is 0 Å². The zero-order chi connectivity index (χ0) is 9.71. The number of aromatic nitrogens is 1. The van der Waals surface area contributed by atoms with Crippen LogP contribution in [0.3, 0.4) is 0 Å². The van der Waals surface area contributed by atoms with Crippen LogP contribution in [0.1, 0.15) is 36.8 Å². The van der Waals surface area contributed by atoms with Gasteiger partial charge in [0.15, 0.2) is 0 Å². The third kappa shape index (κ3) is 1.02. The van der Waals surface area contributed by atoms with Crippen LogP contribution in [0.25, 0.3) is 0 Å². The van der Waals surface area contributed by atoms with Crippen molar-refractivity contribution in [3.63, 3.8) is 0 Å². The minimum Gasteiger partial charge on any atom is -0.424 e. The molecule has 2 saturated carbocycles. The van der Waals surface area contributed by atoms with E-state index in [1.165, 1.54) is 6.42 Å². The summed E-state index contributed by atoms with van der Waals surface area (Å²) in [5.74, 6) is 3.02. The highest BCUT2D eigenvalue weighted by Crippen LogP contribution is 2.57. The highest BCUT2D eigenvalue weighted by Gasteiger charge is 2.47. The molecule has 14 heavy (non-hydrogen) atoms. The average molecular weight is 189 g/mol. The SMILES string of the molecule is N#Cc1nc(C2CC3CC3C2)oc1N. The second-order valence-corrected chi connectivity index (χ2v) is 4.30. The fraction of sp³-hybridized carbons (Fsp3) is 0.600. The Bertz CT molecular complexity index is 407. The number of rotatable bonds is 1. The number of hydrogen-bond donors (Lipinski definition) is 1. The molecule has 2 atom stereocenters. The summed E-state index contributed by atoms with van der Waals surface area (Å²) in [6.45, 7) is 0. The summed E-state index contributed by atoms with van der Waals surface area (Å²) < 4.78 is 5.30. The Morgan fingerprint density at radius 2 is 2.07 bits per heavy atom. The van der Waals surface area contributed by atoms with Crippen molar-refractivity contribution in [2.24, 2.45) is 11.8 Å². The maximum absolute atomic E-state index is 8.68. The summed E-state index contributed by atoms with van der Waals surface area (Å²) in [6.07, 6.45) is 3.70.